The van der Waals surface area contributed by atoms with Gasteiger partial charge < -0.3 is 9.84 Å². The maximum absolute atomic E-state index is 13.2. The average Bonchev–Trinajstić information content (AvgIpc) is 3.00. The molecule has 1 aromatic rings. The fraction of sp³-hybridized carbons (Fsp3) is 0.667. The van der Waals surface area contributed by atoms with E-state index in [-0.39, 0.29) is 29.4 Å². The molecule has 0 spiro atoms. The normalized spacial score (nSPS) is 19.9. The molecule has 0 atom stereocenters. The number of ether oxygens (including phenoxy) is 1. The molecule has 0 unspecified atom stereocenters. The molecule has 156 valence electrons. The largest absolute Gasteiger partial charge is 0.511 e. The Morgan fingerprint density at radius 1 is 1.36 bits per heavy atom. The molecule has 7 nitrogen and oxygen atoms in total. The van der Waals surface area contributed by atoms with Crippen LogP contribution in [0.15, 0.2) is 12.3 Å². The summed E-state index contributed by atoms with van der Waals surface area (Å²) in [4.78, 5) is 26.0. The van der Waals surface area contributed by atoms with Crippen molar-refractivity contribution in [1.29, 1.82) is 0 Å². The van der Waals surface area contributed by atoms with Gasteiger partial charge in [-0.15, -0.1) is 5.10 Å². The monoisotopic (exact) mass is 391 g/mol. The van der Waals surface area contributed by atoms with Crippen LogP contribution in [-0.4, -0.2) is 33.0 Å². The van der Waals surface area contributed by atoms with Gasteiger partial charge in [0.1, 0.15) is 0 Å². The summed E-state index contributed by atoms with van der Waals surface area (Å²) in [5, 5.41) is 13.6. The zero-order chi connectivity index (χ0) is 20.7. The Labute approximate surface area is 167 Å². The standard InChI is InChI=1S/C21H33N3O4/c1-5-6-7-8-13-23-14-18(28-21(26)27)19(22-23)24(15(2)3)20(25)17-11-9-16(4)10-12-17/h8,13-17H,5-7,9-12H2,1-4H3,(H,26,27)/b13-8+/t16-,17-. The highest BCUT2D eigenvalue weighted by atomic mass is 16.7. The summed E-state index contributed by atoms with van der Waals surface area (Å²) >= 11 is 0. The van der Waals surface area contributed by atoms with Crippen molar-refractivity contribution in [1.82, 2.24) is 9.78 Å². The molecule has 0 aromatic carbocycles. The first-order chi connectivity index (χ1) is 13.3. The maximum Gasteiger partial charge on any atom is 0.511 e. The third kappa shape index (κ3) is 5.84. The number of carbonyl (C=O) groups excluding carboxylic acids is 1. The Balaban J connectivity index is 2.30. The molecule has 1 aliphatic carbocycles. The van der Waals surface area contributed by atoms with E-state index in [1.54, 1.807) is 11.1 Å². The number of carbonyl (C=O) groups is 2. The van der Waals surface area contributed by atoms with E-state index < -0.39 is 6.16 Å². The van der Waals surface area contributed by atoms with Gasteiger partial charge in [-0.1, -0.05) is 32.8 Å². The Morgan fingerprint density at radius 3 is 2.61 bits per heavy atom. The number of hydrogen-bond acceptors (Lipinski definition) is 4. The second-order valence-electron chi connectivity index (χ2n) is 7.95. The van der Waals surface area contributed by atoms with Gasteiger partial charge in [0, 0.05) is 18.2 Å². The van der Waals surface area contributed by atoms with Crippen molar-refractivity contribution in [2.45, 2.75) is 78.7 Å². The molecular formula is C21H33N3O4. The number of nitrogens with zero attached hydrogens (tertiary/aromatic N) is 3. The van der Waals surface area contributed by atoms with E-state index in [9.17, 15) is 9.59 Å². The first-order valence-corrected chi connectivity index (χ1v) is 10.3. The molecular weight excluding hydrogens is 358 g/mol. The third-order valence-electron chi connectivity index (χ3n) is 5.21. The minimum atomic E-state index is -1.42. The molecule has 1 saturated carbocycles. The highest BCUT2D eigenvalue weighted by Crippen LogP contribution is 2.34. The number of unbranched alkanes of at least 4 members (excludes halogenated alkanes) is 2. The predicted molar refractivity (Wildman–Crippen MR) is 109 cm³/mol. The topological polar surface area (TPSA) is 84.7 Å². The SMILES string of the molecule is CCCC/C=C/n1cc(OC(=O)O)c(N(C(=O)[C@H]2CC[C@H](C)CC2)C(C)C)n1. The maximum atomic E-state index is 13.2. The van der Waals surface area contributed by atoms with Gasteiger partial charge in [-0.2, -0.15) is 0 Å². The smallest absolute Gasteiger partial charge is 0.449 e. The lowest BCUT2D eigenvalue weighted by atomic mass is 9.82. The van der Waals surface area contributed by atoms with Gasteiger partial charge in [0.2, 0.25) is 11.7 Å². The van der Waals surface area contributed by atoms with Crippen LogP contribution in [0.25, 0.3) is 6.20 Å². The highest BCUT2D eigenvalue weighted by molar-refractivity contribution is 5.96. The molecule has 1 fully saturated rings. The Bertz CT molecular complexity index is 688. The highest BCUT2D eigenvalue weighted by Gasteiger charge is 2.33. The number of aromatic nitrogens is 2. The first-order valence-electron chi connectivity index (χ1n) is 10.3. The van der Waals surface area contributed by atoms with Crippen LogP contribution in [-0.2, 0) is 4.79 Å². The number of hydrogen-bond donors (Lipinski definition) is 1. The van der Waals surface area contributed by atoms with Crippen LogP contribution in [0.5, 0.6) is 5.75 Å². The summed E-state index contributed by atoms with van der Waals surface area (Å²) in [5.41, 5.74) is 0. The van der Waals surface area contributed by atoms with Gasteiger partial charge in [0.15, 0.2) is 5.75 Å². The molecule has 0 aliphatic heterocycles. The number of rotatable bonds is 8. The van der Waals surface area contributed by atoms with Crippen molar-refractivity contribution < 1.29 is 19.4 Å². The molecule has 0 radical (unpaired) electrons. The zero-order valence-corrected chi connectivity index (χ0v) is 17.4. The van der Waals surface area contributed by atoms with E-state index in [4.69, 9.17) is 9.84 Å². The minimum absolute atomic E-state index is 0.00245. The van der Waals surface area contributed by atoms with E-state index in [0.29, 0.717) is 5.92 Å². The molecule has 1 aromatic heterocycles. The Kier molecular flexibility index (Phi) is 8.08. The molecule has 1 amide bonds. The van der Waals surface area contributed by atoms with Crippen molar-refractivity contribution in [3.63, 3.8) is 0 Å². The van der Waals surface area contributed by atoms with Gasteiger partial charge >= 0.3 is 6.16 Å². The van der Waals surface area contributed by atoms with E-state index in [0.717, 1.165) is 44.9 Å². The number of allylic oxidation sites excluding steroid dienone is 1. The molecule has 1 N–H and O–H groups in total. The fourth-order valence-corrected chi connectivity index (χ4v) is 3.59. The van der Waals surface area contributed by atoms with Crippen LogP contribution >= 0.6 is 0 Å². The molecule has 7 heteroatoms. The quantitative estimate of drug-likeness (QED) is 0.488. The second kappa shape index (κ2) is 10.3. The summed E-state index contributed by atoms with van der Waals surface area (Å²) in [7, 11) is 0. The van der Waals surface area contributed by atoms with E-state index in [2.05, 4.69) is 18.9 Å². The van der Waals surface area contributed by atoms with Crippen molar-refractivity contribution in [3.05, 3.63) is 12.3 Å². The van der Waals surface area contributed by atoms with Crippen molar-refractivity contribution in [2.24, 2.45) is 11.8 Å². The molecule has 2 rings (SSSR count). The van der Waals surface area contributed by atoms with Crippen LogP contribution in [0, 0.1) is 11.8 Å². The number of anilines is 1. The zero-order valence-electron chi connectivity index (χ0n) is 17.4. The van der Waals surface area contributed by atoms with Gasteiger partial charge in [0.25, 0.3) is 0 Å². The predicted octanol–water partition coefficient (Wildman–Crippen LogP) is 5.17. The van der Waals surface area contributed by atoms with Crippen LogP contribution in [0.2, 0.25) is 0 Å². The average molecular weight is 392 g/mol. The van der Waals surface area contributed by atoms with Crippen LogP contribution in [0.4, 0.5) is 10.6 Å². The lowest BCUT2D eigenvalue weighted by Crippen LogP contribution is -2.42. The first kappa shape index (κ1) is 22.0. The van der Waals surface area contributed by atoms with Crippen LogP contribution in [0.1, 0.15) is 72.6 Å². The lowest BCUT2D eigenvalue weighted by Gasteiger charge is -2.32. The van der Waals surface area contributed by atoms with Crippen LogP contribution in [0.3, 0.4) is 0 Å². The third-order valence-corrected chi connectivity index (χ3v) is 5.21. The molecule has 28 heavy (non-hydrogen) atoms. The lowest BCUT2D eigenvalue weighted by molar-refractivity contribution is -0.124. The van der Waals surface area contributed by atoms with Crippen molar-refractivity contribution in [2.75, 3.05) is 4.90 Å². The summed E-state index contributed by atoms with van der Waals surface area (Å²) in [5.74, 6) is 0.939. The van der Waals surface area contributed by atoms with Crippen molar-refractivity contribution in [3.8, 4) is 5.75 Å². The molecule has 1 aliphatic rings. The summed E-state index contributed by atoms with van der Waals surface area (Å²) in [6, 6.07) is -0.157. The van der Waals surface area contributed by atoms with Crippen LogP contribution < -0.4 is 9.64 Å². The van der Waals surface area contributed by atoms with Crippen molar-refractivity contribution >= 4 is 24.1 Å². The van der Waals surface area contributed by atoms with Gasteiger partial charge in [-0.3, -0.25) is 9.69 Å². The van der Waals surface area contributed by atoms with E-state index in [1.165, 1.54) is 10.9 Å². The fourth-order valence-electron chi connectivity index (χ4n) is 3.59. The molecule has 1 heterocycles. The van der Waals surface area contributed by atoms with Gasteiger partial charge in [-0.25, -0.2) is 9.48 Å². The van der Waals surface area contributed by atoms with Gasteiger partial charge in [0.05, 0.1) is 6.20 Å². The second-order valence-corrected chi connectivity index (χ2v) is 7.95. The summed E-state index contributed by atoms with van der Waals surface area (Å²) in [6.07, 6.45) is 10.7. The molecule has 0 saturated heterocycles. The Morgan fingerprint density at radius 2 is 2.04 bits per heavy atom. The van der Waals surface area contributed by atoms with E-state index >= 15 is 0 Å². The summed E-state index contributed by atoms with van der Waals surface area (Å²) < 4.78 is 6.47. The summed E-state index contributed by atoms with van der Waals surface area (Å²) in [6.45, 7) is 8.15. The minimum Gasteiger partial charge on any atom is -0.449 e. The molecule has 0 bridgehead atoms. The number of carboxylic acid groups (broad SMARTS) is 1. The number of amides is 1. The Hall–Kier alpha value is -2.31. The van der Waals surface area contributed by atoms with E-state index in [1.807, 2.05) is 19.9 Å². The van der Waals surface area contributed by atoms with Gasteiger partial charge in [-0.05, 0) is 51.9 Å².